The van der Waals surface area contributed by atoms with Gasteiger partial charge in [-0.15, -0.1) is 23.1 Å². The molecule has 1 amide bonds. The summed E-state index contributed by atoms with van der Waals surface area (Å²) < 4.78 is 0. The first-order valence-corrected chi connectivity index (χ1v) is 12.0. The van der Waals surface area contributed by atoms with Crippen LogP contribution in [0.15, 0.2) is 89.8 Å². The molecule has 0 atom stereocenters. The molecular formula is C26H17N3OS2. The van der Waals surface area contributed by atoms with Gasteiger partial charge >= 0.3 is 0 Å². The van der Waals surface area contributed by atoms with E-state index in [4.69, 9.17) is 9.97 Å². The van der Waals surface area contributed by atoms with Gasteiger partial charge in [0.1, 0.15) is 0 Å². The average Bonchev–Trinajstić information content (AvgIpc) is 3.27. The predicted molar refractivity (Wildman–Crippen MR) is 132 cm³/mol. The lowest BCUT2D eigenvalue weighted by atomic mass is 10.0. The third kappa shape index (κ3) is 3.38. The Morgan fingerprint density at radius 1 is 0.875 bits per heavy atom. The number of thioether (sulfide) groups is 1. The zero-order valence-electron chi connectivity index (χ0n) is 16.9. The molecule has 0 unspecified atom stereocenters. The van der Waals surface area contributed by atoms with Gasteiger partial charge in [-0.05, 0) is 18.2 Å². The minimum Gasteiger partial charge on any atom is -0.298 e. The number of carbonyl (C=O) groups is 1. The topological polar surface area (TPSA) is 54.9 Å². The number of rotatable bonds is 3. The van der Waals surface area contributed by atoms with Crippen molar-refractivity contribution in [3.8, 4) is 22.5 Å². The molecule has 5 aromatic rings. The van der Waals surface area contributed by atoms with Crippen LogP contribution in [0.1, 0.15) is 15.2 Å². The molecule has 0 bridgehead atoms. The number of nitrogens with zero attached hydrogens (tertiary/aromatic N) is 2. The summed E-state index contributed by atoms with van der Waals surface area (Å²) in [6, 6.07) is 27.8. The number of aromatic nitrogens is 2. The van der Waals surface area contributed by atoms with Crippen molar-refractivity contribution in [2.24, 2.45) is 0 Å². The minimum absolute atomic E-state index is 0.173. The molecule has 6 rings (SSSR count). The van der Waals surface area contributed by atoms with Crippen LogP contribution in [0.4, 0.5) is 5.13 Å². The number of benzene rings is 3. The predicted octanol–water partition coefficient (Wildman–Crippen LogP) is 6.88. The quantitative estimate of drug-likeness (QED) is 0.325. The molecule has 0 aliphatic carbocycles. The first-order valence-electron chi connectivity index (χ1n) is 10.2. The molecule has 1 aliphatic heterocycles. The van der Waals surface area contributed by atoms with Crippen LogP contribution < -0.4 is 5.32 Å². The lowest BCUT2D eigenvalue weighted by molar-refractivity contribution is 0.102. The maximum absolute atomic E-state index is 13.4. The van der Waals surface area contributed by atoms with Gasteiger partial charge < -0.3 is 0 Å². The minimum atomic E-state index is -0.173. The van der Waals surface area contributed by atoms with E-state index in [-0.39, 0.29) is 5.91 Å². The molecule has 0 radical (unpaired) electrons. The fourth-order valence-electron chi connectivity index (χ4n) is 3.93. The molecule has 4 nitrogen and oxygen atoms in total. The van der Waals surface area contributed by atoms with Gasteiger partial charge in [0.25, 0.3) is 5.91 Å². The Kier molecular flexibility index (Phi) is 4.74. The molecular weight excluding hydrogens is 434 g/mol. The van der Waals surface area contributed by atoms with E-state index < -0.39 is 0 Å². The molecule has 0 saturated carbocycles. The lowest BCUT2D eigenvalue weighted by Gasteiger charge is -2.13. The van der Waals surface area contributed by atoms with Gasteiger partial charge in [0.05, 0.1) is 22.5 Å². The molecule has 1 N–H and O–H groups in total. The van der Waals surface area contributed by atoms with E-state index in [2.05, 4.69) is 17.4 Å². The highest BCUT2D eigenvalue weighted by molar-refractivity contribution is 7.98. The fourth-order valence-corrected chi connectivity index (χ4v) is 6.03. The summed E-state index contributed by atoms with van der Waals surface area (Å²) in [6.07, 6.45) is 0. The number of amides is 1. The molecule has 0 saturated heterocycles. The van der Waals surface area contributed by atoms with Crippen molar-refractivity contribution in [1.82, 2.24) is 9.97 Å². The summed E-state index contributed by atoms with van der Waals surface area (Å²) in [5.74, 6) is 0.698. The van der Waals surface area contributed by atoms with Crippen LogP contribution in [-0.2, 0) is 5.75 Å². The number of nitrogens with one attached hydrogen (secondary N) is 1. The molecule has 1 aliphatic rings. The number of carbonyl (C=O) groups excluding carboxylic acids is 1. The van der Waals surface area contributed by atoms with Gasteiger partial charge in [-0.3, -0.25) is 10.1 Å². The fraction of sp³-hybridized carbons (Fsp3) is 0.0385. The van der Waals surface area contributed by atoms with Crippen LogP contribution >= 0.6 is 23.1 Å². The van der Waals surface area contributed by atoms with E-state index in [1.54, 1.807) is 11.3 Å². The van der Waals surface area contributed by atoms with Crippen LogP contribution in [0.5, 0.6) is 0 Å². The van der Waals surface area contributed by atoms with Gasteiger partial charge in [0, 0.05) is 32.0 Å². The number of hydrogen-bond donors (Lipinski definition) is 1. The third-order valence-corrected chi connectivity index (χ3v) is 7.70. The second-order valence-electron chi connectivity index (χ2n) is 7.47. The standard InChI is InChI=1S/C26H17N3OS2/c30-25(29-26-28-24-18-11-5-7-13-22(18)31-15-23(24)32-26)19-14-21(16-8-2-1-3-9-16)27-20-12-6-4-10-17(19)20/h1-14H,15H2,(H,28,29,30). The van der Waals surface area contributed by atoms with Crippen LogP contribution in [0, 0.1) is 0 Å². The van der Waals surface area contributed by atoms with Crippen molar-refractivity contribution in [3.05, 3.63) is 95.4 Å². The van der Waals surface area contributed by atoms with Crippen molar-refractivity contribution >= 4 is 45.0 Å². The maximum atomic E-state index is 13.4. The maximum Gasteiger partial charge on any atom is 0.258 e. The number of anilines is 1. The average molecular weight is 452 g/mol. The monoisotopic (exact) mass is 451 g/mol. The largest absolute Gasteiger partial charge is 0.298 e. The summed E-state index contributed by atoms with van der Waals surface area (Å²) in [6.45, 7) is 0. The number of thiazole rings is 1. The van der Waals surface area contributed by atoms with Crippen LogP contribution in [-0.4, -0.2) is 15.9 Å². The second kappa shape index (κ2) is 7.89. The Labute approximate surface area is 193 Å². The number of pyridine rings is 1. The van der Waals surface area contributed by atoms with Gasteiger partial charge in [-0.25, -0.2) is 9.97 Å². The van der Waals surface area contributed by atoms with Crippen molar-refractivity contribution in [3.63, 3.8) is 0 Å². The Balaban J connectivity index is 1.39. The van der Waals surface area contributed by atoms with E-state index in [1.165, 1.54) is 9.77 Å². The summed E-state index contributed by atoms with van der Waals surface area (Å²) >= 11 is 3.36. The first kappa shape index (κ1) is 19.2. The second-order valence-corrected chi connectivity index (χ2v) is 9.57. The van der Waals surface area contributed by atoms with E-state index in [9.17, 15) is 4.79 Å². The zero-order chi connectivity index (χ0) is 21.5. The van der Waals surface area contributed by atoms with Crippen molar-refractivity contribution in [1.29, 1.82) is 0 Å². The van der Waals surface area contributed by atoms with Crippen molar-refractivity contribution in [2.75, 3.05) is 5.32 Å². The van der Waals surface area contributed by atoms with Gasteiger partial charge in [-0.2, -0.15) is 0 Å². The highest BCUT2D eigenvalue weighted by atomic mass is 32.2. The third-order valence-electron chi connectivity index (χ3n) is 5.45. The Morgan fingerprint density at radius 2 is 1.66 bits per heavy atom. The van der Waals surface area contributed by atoms with E-state index in [0.29, 0.717) is 10.7 Å². The zero-order valence-corrected chi connectivity index (χ0v) is 18.5. The van der Waals surface area contributed by atoms with Crippen molar-refractivity contribution in [2.45, 2.75) is 10.6 Å². The smallest absolute Gasteiger partial charge is 0.258 e. The molecule has 2 aromatic heterocycles. The highest BCUT2D eigenvalue weighted by Crippen LogP contribution is 2.44. The highest BCUT2D eigenvalue weighted by Gasteiger charge is 2.22. The Bertz CT molecular complexity index is 1480. The summed E-state index contributed by atoms with van der Waals surface area (Å²) in [5, 5.41) is 4.50. The Morgan fingerprint density at radius 3 is 2.56 bits per heavy atom. The van der Waals surface area contributed by atoms with Gasteiger partial charge in [0.2, 0.25) is 0 Å². The number of fused-ring (bicyclic) bond motifs is 4. The Hall–Kier alpha value is -3.48. The molecule has 154 valence electrons. The number of hydrogen-bond acceptors (Lipinski definition) is 5. The van der Waals surface area contributed by atoms with E-state index >= 15 is 0 Å². The lowest BCUT2D eigenvalue weighted by Crippen LogP contribution is -2.13. The number of para-hydroxylation sites is 1. The summed E-state index contributed by atoms with van der Waals surface area (Å²) in [7, 11) is 0. The normalized spacial score (nSPS) is 12.2. The molecule has 6 heteroatoms. The van der Waals surface area contributed by atoms with Crippen LogP contribution in [0.25, 0.3) is 33.4 Å². The van der Waals surface area contributed by atoms with E-state index in [0.717, 1.165) is 39.2 Å². The van der Waals surface area contributed by atoms with Crippen molar-refractivity contribution < 1.29 is 4.79 Å². The van der Waals surface area contributed by atoms with Gasteiger partial charge in [0.15, 0.2) is 5.13 Å². The van der Waals surface area contributed by atoms with E-state index in [1.807, 2.05) is 84.6 Å². The van der Waals surface area contributed by atoms with Gasteiger partial charge in [-0.1, -0.05) is 66.7 Å². The molecule has 0 spiro atoms. The van der Waals surface area contributed by atoms with Crippen LogP contribution in [0.2, 0.25) is 0 Å². The molecule has 0 fully saturated rings. The molecule has 3 heterocycles. The van der Waals surface area contributed by atoms with Crippen LogP contribution in [0.3, 0.4) is 0 Å². The summed E-state index contributed by atoms with van der Waals surface area (Å²) in [4.78, 5) is 25.4. The SMILES string of the molecule is O=C(Nc1nc2c(s1)CSc1ccccc1-2)c1cc(-c2ccccc2)nc2ccccc12. The summed E-state index contributed by atoms with van der Waals surface area (Å²) in [5.41, 5.74) is 5.25. The molecule has 3 aromatic carbocycles. The molecule has 32 heavy (non-hydrogen) atoms. The first-order chi connectivity index (χ1) is 15.8.